The Labute approximate surface area is 219 Å². The fraction of sp³-hybridized carbons (Fsp3) is 0.500. The van der Waals surface area contributed by atoms with Crippen LogP contribution in [0.15, 0.2) is 33.9 Å². The number of piperidine rings is 1. The standard InChI is InChI=1S/C26H33N9O3/c1-3-34-21-23(30-25(34)33-10-6-7-17(27)15-33)31(2)26(37)35(24(21)36)16-20-28-19-9-5-4-8-18(19)22(29-20)32-11-13-38-14-12-32/h4-5,8-9,17H,3,6-7,10-16,27H2,1-2H3. The Morgan fingerprint density at radius 2 is 1.82 bits per heavy atom. The first-order valence-electron chi connectivity index (χ1n) is 13.2. The molecule has 12 nitrogen and oxygen atoms in total. The zero-order valence-corrected chi connectivity index (χ0v) is 21.8. The number of benzene rings is 1. The van der Waals surface area contributed by atoms with Gasteiger partial charge < -0.3 is 24.8 Å². The lowest BCUT2D eigenvalue weighted by Gasteiger charge is -2.31. The number of hydrogen-bond donors (Lipinski definition) is 1. The number of fused-ring (bicyclic) bond motifs is 2. The molecule has 12 heteroatoms. The lowest BCUT2D eigenvalue weighted by molar-refractivity contribution is 0.122. The van der Waals surface area contributed by atoms with Gasteiger partial charge in [0.1, 0.15) is 5.82 Å². The summed E-state index contributed by atoms with van der Waals surface area (Å²) < 4.78 is 10.1. The predicted octanol–water partition coefficient (Wildman–Crippen LogP) is 0.672. The molecule has 0 saturated carbocycles. The molecule has 1 unspecified atom stereocenters. The van der Waals surface area contributed by atoms with E-state index in [4.69, 9.17) is 25.4 Å². The minimum Gasteiger partial charge on any atom is -0.378 e. The van der Waals surface area contributed by atoms with Crippen molar-refractivity contribution in [3.05, 3.63) is 50.9 Å². The van der Waals surface area contributed by atoms with Gasteiger partial charge in [0.2, 0.25) is 5.95 Å². The van der Waals surface area contributed by atoms with Crippen molar-refractivity contribution in [2.24, 2.45) is 12.8 Å². The van der Waals surface area contributed by atoms with E-state index in [0.717, 1.165) is 36.1 Å². The minimum atomic E-state index is -0.449. The molecular formula is C26H33N9O3. The zero-order chi connectivity index (χ0) is 26.4. The smallest absolute Gasteiger partial charge is 0.332 e. The van der Waals surface area contributed by atoms with Gasteiger partial charge in [-0.1, -0.05) is 12.1 Å². The molecule has 1 atom stereocenters. The number of hydrogen-bond acceptors (Lipinski definition) is 9. The lowest BCUT2D eigenvalue weighted by Crippen LogP contribution is -2.44. The van der Waals surface area contributed by atoms with Crippen molar-refractivity contribution >= 4 is 33.8 Å². The Kier molecular flexibility index (Phi) is 6.36. The van der Waals surface area contributed by atoms with E-state index in [-0.39, 0.29) is 12.6 Å². The highest BCUT2D eigenvalue weighted by molar-refractivity contribution is 5.89. The number of rotatable bonds is 5. The Morgan fingerprint density at radius 3 is 2.58 bits per heavy atom. The third-order valence-corrected chi connectivity index (χ3v) is 7.51. The molecule has 2 saturated heterocycles. The maximum Gasteiger partial charge on any atom is 0.332 e. The molecule has 2 aliphatic heterocycles. The van der Waals surface area contributed by atoms with Gasteiger partial charge in [0.25, 0.3) is 5.56 Å². The summed E-state index contributed by atoms with van der Waals surface area (Å²) in [6.07, 6.45) is 1.92. The molecule has 3 aromatic heterocycles. The Morgan fingerprint density at radius 1 is 1.03 bits per heavy atom. The Bertz CT molecular complexity index is 1620. The first kappa shape index (κ1) is 24.6. The van der Waals surface area contributed by atoms with Crippen molar-refractivity contribution < 1.29 is 4.74 Å². The van der Waals surface area contributed by atoms with E-state index in [0.29, 0.717) is 62.3 Å². The summed E-state index contributed by atoms with van der Waals surface area (Å²) in [4.78, 5) is 45.9. The van der Waals surface area contributed by atoms with E-state index in [1.54, 1.807) is 7.05 Å². The van der Waals surface area contributed by atoms with Gasteiger partial charge in [-0.15, -0.1) is 0 Å². The van der Waals surface area contributed by atoms with Gasteiger partial charge in [-0.25, -0.2) is 14.8 Å². The molecule has 2 N–H and O–H groups in total. The van der Waals surface area contributed by atoms with Crippen LogP contribution in [-0.4, -0.2) is 74.1 Å². The molecule has 0 amide bonds. The van der Waals surface area contributed by atoms with Crippen LogP contribution in [0.1, 0.15) is 25.6 Å². The topological polar surface area (TPSA) is 129 Å². The van der Waals surface area contributed by atoms with Crippen LogP contribution in [0.5, 0.6) is 0 Å². The molecule has 0 radical (unpaired) electrons. The predicted molar refractivity (Wildman–Crippen MR) is 146 cm³/mol. The number of nitrogens with two attached hydrogens (primary N) is 1. The molecule has 38 heavy (non-hydrogen) atoms. The van der Waals surface area contributed by atoms with Crippen LogP contribution >= 0.6 is 0 Å². The number of aromatic nitrogens is 6. The Balaban J connectivity index is 1.47. The van der Waals surface area contributed by atoms with E-state index >= 15 is 0 Å². The second kappa shape index (κ2) is 9.84. The number of anilines is 2. The highest BCUT2D eigenvalue weighted by atomic mass is 16.5. The molecule has 0 bridgehead atoms. The molecule has 6 rings (SSSR count). The van der Waals surface area contributed by atoms with Crippen molar-refractivity contribution in [2.45, 2.75) is 38.9 Å². The molecule has 1 aromatic carbocycles. The van der Waals surface area contributed by atoms with Crippen LogP contribution in [0.4, 0.5) is 11.8 Å². The molecule has 200 valence electrons. The summed E-state index contributed by atoms with van der Waals surface area (Å²) in [7, 11) is 1.65. The van der Waals surface area contributed by atoms with Crippen molar-refractivity contribution in [3.63, 3.8) is 0 Å². The fourth-order valence-corrected chi connectivity index (χ4v) is 5.57. The number of ether oxygens (including phenoxy) is 1. The number of nitrogens with zero attached hydrogens (tertiary/aromatic N) is 8. The second-order valence-corrected chi connectivity index (χ2v) is 9.99. The van der Waals surface area contributed by atoms with Crippen LogP contribution in [0.3, 0.4) is 0 Å². The molecule has 2 fully saturated rings. The molecule has 4 aromatic rings. The van der Waals surface area contributed by atoms with Gasteiger partial charge in [-0.3, -0.25) is 13.9 Å². The van der Waals surface area contributed by atoms with E-state index in [1.807, 2.05) is 35.8 Å². The molecule has 5 heterocycles. The van der Waals surface area contributed by atoms with Crippen LogP contribution < -0.4 is 26.8 Å². The third kappa shape index (κ3) is 4.13. The second-order valence-electron chi connectivity index (χ2n) is 9.99. The van der Waals surface area contributed by atoms with E-state index in [1.165, 1.54) is 9.13 Å². The lowest BCUT2D eigenvalue weighted by atomic mass is 10.1. The number of aryl methyl sites for hydroxylation is 2. The van der Waals surface area contributed by atoms with Crippen molar-refractivity contribution in [3.8, 4) is 0 Å². The Hall–Kier alpha value is -3.77. The zero-order valence-electron chi connectivity index (χ0n) is 21.8. The van der Waals surface area contributed by atoms with Gasteiger partial charge in [0.15, 0.2) is 17.0 Å². The monoisotopic (exact) mass is 519 g/mol. The van der Waals surface area contributed by atoms with E-state index in [9.17, 15) is 9.59 Å². The van der Waals surface area contributed by atoms with Gasteiger partial charge >= 0.3 is 5.69 Å². The van der Waals surface area contributed by atoms with Gasteiger partial charge in [0, 0.05) is 51.2 Å². The molecular weight excluding hydrogens is 486 g/mol. The van der Waals surface area contributed by atoms with Crippen molar-refractivity contribution in [2.75, 3.05) is 49.2 Å². The van der Waals surface area contributed by atoms with Crippen molar-refractivity contribution in [1.29, 1.82) is 0 Å². The molecule has 0 spiro atoms. The minimum absolute atomic E-state index is 0.0392. The average molecular weight is 520 g/mol. The summed E-state index contributed by atoms with van der Waals surface area (Å²) in [5, 5.41) is 0.933. The summed E-state index contributed by atoms with van der Waals surface area (Å²) in [5.41, 5.74) is 6.93. The fourth-order valence-electron chi connectivity index (χ4n) is 5.57. The summed E-state index contributed by atoms with van der Waals surface area (Å²) >= 11 is 0. The van der Waals surface area contributed by atoms with E-state index < -0.39 is 11.2 Å². The van der Waals surface area contributed by atoms with Crippen LogP contribution in [-0.2, 0) is 24.9 Å². The molecule has 0 aliphatic carbocycles. The third-order valence-electron chi connectivity index (χ3n) is 7.51. The van der Waals surface area contributed by atoms with Gasteiger partial charge in [-0.2, -0.15) is 4.98 Å². The average Bonchev–Trinajstić information content (AvgIpc) is 3.34. The first-order valence-corrected chi connectivity index (χ1v) is 13.2. The largest absolute Gasteiger partial charge is 0.378 e. The van der Waals surface area contributed by atoms with Gasteiger partial charge in [-0.05, 0) is 31.9 Å². The van der Waals surface area contributed by atoms with Crippen LogP contribution in [0.25, 0.3) is 22.1 Å². The highest BCUT2D eigenvalue weighted by Crippen LogP contribution is 2.25. The SMILES string of the molecule is CCn1c(N2CCCC(N)C2)nc2c1c(=O)n(Cc1nc(N3CCOCC3)c3ccccc3n1)c(=O)n2C. The van der Waals surface area contributed by atoms with Gasteiger partial charge in [0.05, 0.1) is 25.3 Å². The van der Waals surface area contributed by atoms with E-state index in [2.05, 4.69) is 9.80 Å². The molecule has 2 aliphatic rings. The highest BCUT2D eigenvalue weighted by Gasteiger charge is 2.26. The quantitative estimate of drug-likeness (QED) is 0.404. The van der Waals surface area contributed by atoms with Crippen molar-refractivity contribution in [1.82, 2.24) is 28.7 Å². The van der Waals surface area contributed by atoms with Crippen LogP contribution in [0, 0.1) is 0 Å². The van der Waals surface area contributed by atoms with Crippen LogP contribution in [0.2, 0.25) is 0 Å². The summed E-state index contributed by atoms with van der Waals surface area (Å²) in [6, 6.07) is 7.86. The maximum absolute atomic E-state index is 13.9. The number of imidazole rings is 1. The number of para-hydroxylation sites is 1. The normalized spacial score (nSPS) is 18.6. The maximum atomic E-state index is 13.9. The summed E-state index contributed by atoms with van der Waals surface area (Å²) in [5.74, 6) is 1.88. The number of morpholine rings is 1. The first-order chi connectivity index (χ1) is 18.5. The summed E-state index contributed by atoms with van der Waals surface area (Å²) in [6.45, 7) is 6.63.